The highest BCUT2D eigenvalue weighted by Crippen LogP contribution is 2.15. The zero-order chi connectivity index (χ0) is 20.1. The maximum absolute atomic E-state index is 13.1. The summed E-state index contributed by atoms with van der Waals surface area (Å²) in [5.41, 5.74) is 0.939. The van der Waals surface area contributed by atoms with Crippen molar-refractivity contribution in [2.75, 3.05) is 19.0 Å². The van der Waals surface area contributed by atoms with Crippen molar-refractivity contribution in [3.63, 3.8) is 0 Å². The number of nitrogens with one attached hydrogen (secondary N) is 2. The molecule has 0 spiro atoms. The molecule has 0 atom stereocenters. The number of halogens is 2. The molecule has 0 aliphatic carbocycles. The molecule has 3 rings (SSSR count). The second kappa shape index (κ2) is 8.30. The maximum atomic E-state index is 13.1. The molecule has 2 N–H and O–H groups in total. The molecule has 0 saturated carbocycles. The van der Waals surface area contributed by atoms with Gasteiger partial charge in [-0.15, -0.1) is 0 Å². The molecule has 9 heteroatoms. The molecule has 0 saturated heterocycles. The van der Waals surface area contributed by atoms with Gasteiger partial charge in [-0.25, -0.2) is 13.5 Å². The lowest BCUT2D eigenvalue weighted by molar-refractivity contribution is -0.115. The predicted molar refractivity (Wildman–Crippen MR) is 97.4 cm³/mol. The molecule has 28 heavy (non-hydrogen) atoms. The zero-order valence-corrected chi connectivity index (χ0v) is 14.8. The Hall–Kier alpha value is -3.75. The van der Waals surface area contributed by atoms with E-state index in [1.165, 1.54) is 16.8 Å². The van der Waals surface area contributed by atoms with E-state index in [4.69, 9.17) is 4.74 Å². The van der Waals surface area contributed by atoms with Gasteiger partial charge in [-0.1, -0.05) is 0 Å². The van der Waals surface area contributed by atoms with Crippen LogP contribution in [0.3, 0.4) is 0 Å². The molecule has 1 aromatic heterocycles. The Bertz CT molecular complexity index is 1000. The molecule has 0 radical (unpaired) electrons. The van der Waals surface area contributed by atoms with E-state index in [2.05, 4.69) is 15.7 Å². The quantitative estimate of drug-likeness (QED) is 0.682. The van der Waals surface area contributed by atoms with Crippen LogP contribution in [0.25, 0.3) is 5.69 Å². The van der Waals surface area contributed by atoms with Gasteiger partial charge in [-0.3, -0.25) is 9.59 Å². The number of aromatic nitrogens is 2. The van der Waals surface area contributed by atoms with Crippen molar-refractivity contribution in [2.45, 2.75) is 0 Å². The topological polar surface area (TPSA) is 85.2 Å². The van der Waals surface area contributed by atoms with E-state index in [-0.39, 0.29) is 17.9 Å². The summed E-state index contributed by atoms with van der Waals surface area (Å²) in [5, 5.41) is 8.93. The average molecular weight is 386 g/mol. The van der Waals surface area contributed by atoms with Gasteiger partial charge >= 0.3 is 0 Å². The molecule has 0 bridgehead atoms. The molecule has 2 amide bonds. The Labute approximate surface area is 158 Å². The summed E-state index contributed by atoms with van der Waals surface area (Å²) in [4.78, 5) is 24.0. The van der Waals surface area contributed by atoms with E-state index in [0.717, 1.165) is 17.8 Å². The van der Waals surface area contributed by atoms with Crippen LogP contribution in [0.2, 0.25) is 0 Å². The molecular formula is C19H16F2N4O3. The van der Waals surface area contributed by atoms with Crippen LogP contribution in [0.4, 0.5) is 14.5 Å². The van der Waals surface area contributed by atoms with Crippen LogP contribution >= 0.6 is 0 Å². The molecule has 0 aliphatic heterocycles. The number of rotatable bonds is 6. The Morgan fingerprint density at radius 1 is 1.07 bits per heavy atom. The summed E-state index contributed by atoms with van der Waals surface area (Å²) in [7, 11) is 1.56. The van der Waals surface area contributed by atoms with Crippen molar-refractivity contribution < 1.29 is 23.1 Å². The molecule has 7 nitrogen and oxygen atoms in total. The first-order valence-corrected chi connectivity index (χ1v) is 8.19. The fraction of sp³-hybridized carbons (Fsp3) is 0.105. The first-order chi connectivity index (χ1) is 13.5. The number of carbonyl (C=O) groups excluding carboxylic acids is 2. The summed E-state index contributed by atoms with van der Waals surface area (Å²) in [6.45, 7) is -0.354. The highest BCUT2D eigenvalue weighted by atomic mass is 19.2. The van der Waals surface area contributed by atoms with E-state index >= 15 is 0 Å². The number of ether oxygens (including phenoxy) is 1. The van der Waals surface area contributed by atoms with Crippen LogP contribution in [-0.2, 0) is 4.79 Å². The number of hydrogen-bond donors (Lipinski definition) is 2. The molecule has 0 unspecified atom stereocenters. The van der Waals surface area contributed by atoms with Crippen LogP contribution in [0.5, 0.6) is 5.75 Å². The van der Waals surface area contributed by atoms with Crippen LogP contribution in [-0.4, -0.2) is 35.2 Å². The Morgan fingerprint density at radius 2 is 1.82 bits per heavy atom. The minimum absolute atomic E-state index is 0.0851. The lowest BCUT2D eigenvalue weighted by Crippen LogP contribution is -2.33. The number of carbonyl (C=O) groups is 2. The third-order valence-corrected chi connectivity index (χ3v) is 3.77. The molecule has 144 valence electrons. The minimum atomic E-state index is -1.08. The van der Waals surface area contributed by atoms with Crippen molar-refractivity contribution in [3.05, 3.63) is 72.1 Å². The summed E-state index contributed by atoms with van der Waals surface area (Å²) < 4.78 is 32.6. The minimum Gasteiger partial charge on any atom is -0.497 e. The number of methoxy groups -OCH3 is 1. The number of anilines is 1. The highest BCUT2D eigenvalue weighted by molar-refractivity contribution is 5.98. The fourth-order valence-corrected chi connectivity index (χ4v) is 2.35. The van der Waals surface area contributed by atoms with E-state index in [9.17, 15) is 18.4 Å². The lowest BCUT2D eigenvalue weighted by Gasteiger charge is -2.06. The van der Waals surface area contributed by atoms with Crippen molar-refractivity contribution in [2.24, 2.45) is 0 Å². The van der Waals surface area contributed by atoms with Gasteiger partial charge in [0.1, 0.15) is 5.75 Å². The summed E-state index contributed by atoms with van der Waals surface area (Å²) in [6, 6.07) is 11.6. The van der Waals surface area contributed by atoms with E-state index in [1.54, 1.807) is 37.6 Å². The molecule has 0 aliphatic rings. The largest absolute Gasteiger partial charge is 0.497 e. The number of amides is 2. The first kappa shape index (κ1) is 19.0. The van der Waals surface area contributed by atoms with Gasteiger partial charge in [0.15, 0.2) is 17.3 Å². The standard InChI is InChI=1S/C19H16F2N4O3/c1-28-14-5-3-13(4-6-14)25-9-8-17(24-25)19(27)22-11-18(26)23-12-2-7-15(20)16(21)10-12/h2-10H,11H2,1H3,(H,22,27)(H,23,26). The van der Waals surface area contributed by atoms with Gasteiger partial charge in [0, 0.05) is 18.0 Å². The molecular weight excluding hydrogens is 370 g/mol. The van der Waals surface area contributed by atoms with Crippen LogP contribution in [0.15, 0.2) is 54.7 Å². The number of benzene rings is 2. The van der Waals surface area contributed by atoms with Gasteiger partial charge < -0.3 is 15.4 Å². The van der Waals surface area contributed by atoms with Gasteiger partial charge in [0.05, 0.1) is 19.3 Å². The second-order valence-corrected chi connectivity index (χ2v) is 5.70. The lowest BCUT2D eigenvalue weighted by atomic mass is 10.3. The van der Waals surface area contributed by atoms with Crippen molar-refractivity contribution in [1.82, 2.24) is 15.1 Å². The van der Waals surface area contributed by atoms with Crippen LogP contribution < -0.4 is 15.4 Å². The molecule has 2 aromatic carbocycles. The van der Waals surface area contributed by atoms with Gasteiger partial charge in [-0.05, 0) is 42.5 Å². The SMILES string of the molecule is COc1ccc(-n2ccc(C(=O)NCC(=O)Nc3ccc(F)c(F)c3)n2)cc1. The average Bonchev–Trinajstić information content (AvgIpc) is 3.19. The fourth-order valence-electron chi connectivity index (χ4n) is 2.35. The summed E-state index contributed by atoms with van der Waals surface area (Å²) in [6.07, 6.45) is 1.61. The summed E-state index contributed by atoms with van der Waals surface area (Å²) in [5.74, 6) is -2.53. The monoisotopic (exact) mass is 386 g/mol. The normalized spacial score (nSPS) is 10.4. The van der Waals surface area contributed by atoms with Crippen molar-refractivity contribution in [3.8, 4) is 11.4 Å². The summed E-state index contributed by atoms with van der Waals surface area (Å²) >= 11 is 0. The van der Waals surface area contributed by atoms with Gasteiger partial charge in [0.25, 0.3) is 5.91 Å². The van der Waals surface area contributed by atoms with Crippen LogP contribution in [0, 0.1) is 11.6 Å². The molecule has 1 heterocycles. The molecule has 0 fully saturated rings. The Morgan fingerprint density at radius 3 is 2.50 bits per heavy atom. The first-order valence-electron chi connectivity index (χ1n) is 8.19. The van der Waals surface area contributed by atoms with Gasteiger partial charge in [-0.2, -0.15) is 5.10 Å². The van der Waals surface area contributed by atoms with Crippen molar-refractivity contribution >= 4 is 17.5 Å². The number of nitrogens with zero attached hydrogens (tertiary/aromatic N) is 2. The van der Waals surface area contributed by atoms with Crippen molar-refractivity contribution in [1.29, 1.82) is 0 Å². The zero-order valence-electron chi connectivity index (χ0n) is 14.8. The second-order valence-electron chi connectivity index (χ2n) is 5.70. The van der Waals surface area contributed by atoms with E-state index in [1.807, 2.05) is 0 Å². The molecule has 3 aromatic rings. The highest BCUT2D eigenvalue weighted by Gasteiger charge is 2.12. The Balaban J connectivity index is 1.56. The Kier molecular flexibility index (Phi) is 5.64. The predicted octanol–water partition coefficient (Wildman–Crippen LogP) is 2.53. The maximum Gasteiger partial charge on any atom is 0.272 e. The van der Waals surface area contributed by atoms with Crippen LogP contribution in [0.1, 0.15) is 10.5 Å². The van der Waals surface area contributed by atoms with E-state index < -0.39 is 23.4 Å². The number of hydrogen-bond acceptors (Lipinski definition) is 4. The third kappa shape index (κ3) is 4.50. The third-order valence-electron chi connectivity index (χ3n) is 3.77. The van der Waals surface area contributed by atoms with Gasteiger partial charge in [0.2, 0.25) is 5.91 Å². The van der Waals surface area contributed by atoms with E-state index in [0.29, 0.717) is 5.75 Å². The smallest absolute Gasteiger partial charge is 0.272 e.